The molecule has 0 unspecified atom stereocenters. The average Bonchev–Trinajstić information content (AvgIpc) is 2.61. The predicted molar refractivity (Wildman–Crippen MR) is 103 cm³/mol. The highest BCUT2D eigenvalue weighted by Gasteiger charge is 2.19. The van der Waals surface area contributed by atoms with E-state index in [0.29, 0.717) is 5.69 Å². The first kappa shape index (κ1) is 20.7. The predicted octanol–water partition coefficient (Wildman–Crippen LogP) is 4.11. The zero-order valence-corrected chi connectivity index (χ0v) is 16.3. The lowest BCUT2D eigenvalue weighted by Gasteiger charge is -2.22. The summed E-state index contributed by atoms with van der Waals surface area (Å²) in [6, 6.07) is 9.00. The fourth-order valence-corrected chi connectivity index (χ4v) is 2.76. The van der Waals surface area contributed by atoms with Crippen molar-refractivity contribution >= 4 is 40.8 Å². The van der Waals surface area contributed by atoms with Gasteiger partial charge in [0.25, 0.3) is 5.91 Å². The highest BCUT2D eigenvalue weighted by Crippen LogP contribution is 2.21. The van der Waals surface area contributed by atoms with Gasteiger partial charge in [-0.15, -0.1) is 0 Å². The molecule has 0 aliphatic rings. The van der Waals surface area contributed by atoms with Crippen molar-refractivity contribution in [2.45, 2.75) is 20.3 Å². The van der Waals surface area contributed by atoms with Crippen LogP contribution in [0.3, 0.4) is 0 Å². The smallest absolute Gasteiger partial charge is 0.340 e. The van der Waals surface area contributed by atoms with Gasteiger partial charge in [0.05, 0.1) is 23.1 Å². The molecule has 0 saturated carbocycles. The largest absolute Gasteiger partial charge is 0.452 e. The van der Waals surface area contributed by atoms with Crippen molar-refractivity contribution in [1.29, 1.82) is 5.26 Å². The Kier molecular flexibility index (Phi) is 7.17. The molecule has 27 heavy (non-hydrogen) atoms. The van der Waals surface area contributed by atoms with Gasteiger partial charge in [-0.2, -0.15) is 5.26 Å². The van der Waals surface area contributed by atoms with Crippen molar-refractivity contribution < 1.29 is 14.3 Å². The molecule has 1 heterocycles. The van der Waals surface area contributed by atoms with Crippen LogP contribution in [0.5, 0.6) is 0 Å². The molecule has 0 atom stereocenters. The van der Waals surface area contributed by atoms with Crippen LogP contribution in [0.4, 0.5) is 5.69 Å². The molecule has 0 aliphatic heterocycles. The van der Waals surface area contributed by atoms with Crippen LogP contribution in [0.15, 0.2) is 30.5 Å². The van der Waals surface area contributed by atoms with Gasteiger partial charge in [-0.1, -0.05) is 29.3 Å². The molecule has 6 nitrogen and oxygen atoms in total. The van der Waals surface area contributed by atoms with E-state index in [0.717, 1.165) is 11.1 Å². The lowest BCUT2D eigenvalue weighted by molar-refractivity contribution is -0.121. The molecular weight excluding hydrogens is 389 g/mol. The number of aryl methyl sites for hydroxylation is 2. The van der Waals surface area contributed by atoms with Crippen molar-refractivity contribution in [3.8, 4) is 6.07 Å². The fraction of sp³-hybridized carbons (Fsp3) is 0.263. The molecule has 1 aromatic carbocycles. The third-order valence-corrected chi connectivity index (χ3v) is 4.31. The van der Waals surface area contributed by atoms with Gasteiger partial charge >= 0.3 is 5.97 Å². The maximum absolute atomic E-state index is 12.6. The highest BCUT2D eigenvalue weighted by atomic mass is 35.5. The summed E-state index contributed by atoms with van der Waals surface area (Å²) >= 11 is 11.5. The molecular formula is C19H17Cl2N3O3. The number of halogens is 2. The molecule has 0 N–H and O–H groups in total. The lowest BCUT2D eigenvalue weighted by atomic mass is 10.1. The van der Waals surface area contributed by atoms with Crippen LogP contribution in [-0.2, 0) is 9.53 Å². The SMILES string of the molecule is Cc1cc(C)cc(N(CCC#N)C(=O)COC(=O)c2cnc(Cl)c(Cl)c2)c1. The second-order valence-electron chi connectivity index (χ2n) is 5.87. The van der Waals surface area contributed by atoms with Crippen LogP contribution in [0.2, 0.25) is 10.2 Å². The first-order valence-electron chi connectivity index (χ1n) is 8.05. The van der Waals surface area contributed by atoms with Gasteiger partial charge < -0.3 is 9.64 Å². The standard InChI is InChI=1S/C19H17Cl2N3O3/c1-12-6-13(2)8-15(7-12)24(5-3-4-22)17(25)11-27-19(26)14-9-16(20)18(21)23-10-14/h6-10H,3,5,11H2,1-2H3. The number of benzene rings is 1. The number of amides is 1. The molecule has 0 spiro atoms. The van der Waals surface area contributed by atoms with Crippen molar-refractivity contribution in [2.24, 2.45) is 0 Å². The van der Waals surface area contributed by atoms with E-state index in [9.17, 15) is 9.59 Å². The Bertz CT molecular complexity index is 889. The number of pyridine rings is 1. The number of nitrogens with zero attached hydrogens (tertiary/aromatic N) is 3. The third kappa shape index (κ3) is 5.68. The average molecular weight is 406 g/mol. The molecule has 2 rings (SSSR count). The Balaban J connectivity index is 2.12. The lowest BCUT2D eigenvalue weighted by Crippen LogP contribution is -2.35. The van der Waals surface area contributed by atoms with E-state index in [1.807, 2.05) is 38.1 Å². The first-order valence-corrected chi connectivity index (χ1v) is 8.81. The van der Waals surface area contributed by atoms with E-state index in [-0.39, 0.29) is 28.7 Å². The van der Waals surface area contributed by atoms with E-state index in [4.69, 9.17) is 33.2 Å². The first-order chi connectivity index (χ1) is 12.8. The Hall–Kier alpha value is -2.62. The monoisotopic (exact) mass is 405 g/mol. The summed E-state index contributed by atoms with van der Waals surface area (Å²) in [4.78, 5) is 29.9. The minimum absolute atomic E-state index is 0.0711. The van der Waals surface area contributed by atoms with Gasteiger partial charge in [-0.25, -0.2) is 9.78 Å². The molecule has 0 aliphatic carbocycles. The minimum atomic E-state index is -0.741. The molecule has 140 valence electrons. The van der Waals surface area contributed by atoms with Gasteiger partial charge in [-0.3, -0.25) is 4.79 Å². The van der Waals surface area contributed by atoms with Gasteiger partial charge in [0.15, 0.2) is 6.61 Å². The Morgan fingerprint density at radius 1 is 1.19 bits per heavy atom. The zero-order valence-electron chi connectivity index (χ0n) is 14.8. The molecule has 0 saturated heterocycles. The molecule has 1 aromatic heterocycles. The fourth-order valence-electron chi connectivity index (χ4n) is 2.49. The second-order valence-corrected chi connectivity index (χ2v) is 6.64. The number of carbonyl (C=O) groups is 2. The van der Waals surface area contributed by atoms with Gasteiger partial charge in [0.1, 0.15) is 5.15 Å². The quantitative estimate of drug-likeness (QED) is 0.533. The van der Waals surface area contributed by atoms with Gasteiger partial charge in [0, 0.05) is 18.4 Å². The van der Waals surface area contributed by atoms with Crippen molar-refractivity contribution in [1.82, 2.24) is 4.98 Å². The van der Waals surface area contributed by atoms with Gasteiger partial charge in [-0.05, 0) is 43.2 Å². The van der Waals surface area contributed by atoms with E-state index in [2.05, 4.69) is 4.98 Å². The number of rotatable bonds is 6. The summed E-state index contributed by atoms with van der Waals surface area (Å²) in [5.41, 5.74) is 2.71. The summed E-state index contributed by atoms with van der Waals surface area (Å²) in [7, 11) is 0. The third-order valence-electron chi connectivity index (χ3n) is 3.63. The topological polar surface area (TPSA) is 83.3 Å². The molecule has 2 aromatic rings. The Labute approximate surface area is 167 Å². The van der Waals surface area contributed by atoms with E-state index >= 15 is 0 Å². The maximum atomic E-state index is 12.6. The van der Waals surface area contributed by atoms with Crippen molar-refractivity contribution in [3.05, 3.63) is 57.3 Å². The second kappa shape index (κ2) is 9.36. The molecule has 0 radical (unpaired) electrons. The molecule has 0 fully saturated rings. The van der Waals surface area contributed by atoms with Crippen LogP contribution in [0.25, 0.3) is 0 Å². The van der Waals surface area contributed by atoms with E-state index in [1.165, 1.54) is 17.2 Å². The number of carbonyl (C=O) groups excluding carboxylic acids is 2. The van der Waals surface area contributed by atoms with Crippen LogP contribution >= 0.6 is 23.2 Å². The number of nitriles is 1. The number of ether oxygens (including phenoxy) is 1. The number of anilines is 1. The maximum Gasteiger partial charge on any atom is 0.340 e. The molecule has 1 amide bonds. The van der Waals surface area contributed by atoms with Crippen LogP contribution < -0.4 is 4.90 Å². The Morgan fingerprint density at radius 2 is 1.85 bits per heavy atom. The summed E-state index contributed by atoms with van der Waals surface area (Å²) in [6.07, 6.45) is 1.38. The van der Waals surface area contributed by atoms with Crippen molar-refractivity contribution in [2.75, 3.05) is 18.1 Å². The molecule has 0 bridgehead atoms. The number of hydrogen-bond donors (Lipinski definition) is 0. The molecule has 8 heteroatoms. The normalized spacial score (nSPS) is 10.2. The van der Waals surface area contributed by atoms with Gasteiger partial charge in [0.2, 0.25) is 0 Å². The van der Waals surface area contributed by atoms with Crippen LogP contribution in [-0.4, -0.2) is 30.0 Å². The number of hydrogen-bond acceptors (Lipinski definition) is 5. The summed E-state index contributed by atoms with van der Waals surface area (Å²) in [6.45, 7) is 3.56. The summed E-state index contributed by atoms with van der Waals surface area (Å²) in [5, 5.41) is 9.05. The van der Waals surface area contributed by atoms with E-state index in [1.54, 1.807) is 0 Å². The van der Waals surface area contributed by atoms with E-state index < -0.39 is 18.5 Å². The highest BCUT2D eigenvalue weighted by molar-refractivity contribution is 6.41. The minimum Gasteiger partial charge on any atom is -0.452 e. The van der Waals surface area contributed by atoms with Crippen LogP contribution in [0.1, 0.15) is 27.9 Å². The van der Waals surface area contributed by atoms with Crippen molar-refractivity contribution in [3.63, 3.8) is 0 Å². The number of aromatic nitrogens is 1. The number of esters is 1. The summed E-state index contributed by atoms with van der Waals surface area (Å²) in [5.74, 6) is -1.17. The zero-order chi connectivity index (χ0) is 20.0. The summed E-state index contributed by atoms with van der Waals surface area (Å²) < 4.78 is 5.07. The van der Waals surface area contributed by atoms with Crippen LogP contribution in [0, 0.1) is 25.2 Å². The Morgan fingerprint density at radius 3 is 2.44 bits per heavy atom.